The summed E-state index contributed by atoms with van der Waals surface area (Å²) in [6.07, 6.45) is 0.654. The minimum absolute atomic E-state index is 0.199. The van der Waals surface area contributed by atoms with E-state index in [0.29, 0.717) is 12.3 Å². The van der Waals surface area contributed by atoms with Gasteiger partial charge in [-0.3, -0.25) is 9.98 Å². The average molecular weight is 156 g/mol. The summed E-state index contributed by atoms with van der Waals surface area (Å²) >= 11 is 0. The largest absolute Gasteiger partial charge is 0.393 e. The van der Waals surface area contributed by atoms with Gasteiger partial charge in [-0.2, -0.15) is 0 Å². The Labute approximate surface area is 65.3 Å². The maximum atomic E-state index is 9.10. The van der Waals surface area contributed by atoms with Crippen LogP contribution >= 0.6 is 0 Å². The lowest BCUT2D eigenvalue weighted by atomic mass is 10.2. The van der Waals surface area contributed by atoms with Crippen LogP contribution in [0.4, 0.5) is 0 Å². The molecule has 1 aliphatic heterocycles. The predicted octanol–water partition coefficient (Wildman–Crippen LogP) is -0.747. The maximum Gasteiger partial charge on any atom is 0.120 e. The summed E-state index contributed by atoms with van der Waals surface area (Å²) in [5, 5.41) is 17.7. The molecular formula is C7H12N2O2. The third kappa shape index (κ3) is 2.10. The van der Waals surface area contributed by atoms with Gasteiger partial charge in [-0.1, -0.05) is 0 Å². The summed E-state index contributed by atoms with van der Waals surface area (Å²) in [5.74, 6) is 0. The lowest BCUT2D eigenvalue weighted by molar-refractivity contribution is 0.146. The fourth-order valence-electron chi connectivity index (χ4n) is 0.814. The first-order chi connectivity index (χ1) is 5.24. The second-order valence-electron chi connectivity index (χ2n) is 2.59. The van der Waals surface area contributed by atoms with Crippen LogP contribution in [0.2, 0.25) is 0 Å². The molecule has 11 heavy (non-hydrogen) atoms. The monoisotopic (exact) mass is 156 g/mol. The van der Waals surface area contributed by atoms with Crippen molar-refractivity contribution in [1.29, 1.82) is 0 Å². The number of aliphatic hydroxyl groups excluding tert-OH is 2. The normalized spacial score (nSPS) is 26.5. The molecule has 0 bridgehead atoms. The molecule has 0 saturated carbocycles. The van der Waals surface area contributed by atoms with Crippen LogP contribution in [0.1, 0.15) is 6.92 Å². The van der Waals surface area contributed by atoms with Crippen LogP contribution < -0.4 is 0 Å². The van der Waals surface area contributed by atoms with Gasteiger partial charge >= 0.3 is 0 Å². The molecule has 1 heterocycles. The molecule has 2 atom stereocenters. The van der Waals surface area contributed by atoms with Gasteiger partial charge in [0.15, 0.2) is 0 Å². The highest BCUT2D eigenvalue weighted by Gasteiger charge is 2.12. The molecule has 2 N–H and O–H groups in total. The van der Waals surface area contributed by atoms with E-state index in [1.807, 2.05) is 6.92 Å². The average Bonchev–Trinajstić information content (AvgIpc) is 2.05. The highest BCUT2D eigenvalue weighted by atomic mass is 16.3. The summed E-state index contributed by atoms with van der Waals surface area (Å²) in [5.41, 5.74) is 0.477. The lowest BCUT2D eigenvalue weighted by Crippen LogP contribution is -2.29. The minimum atomic E-state index is -0.869. The van der Waals surface area contributed by atoms with E-state index in [-0.39, 0.29) is 12.6 Å². The topological polar surface area (TPSA) is 65.2 Å². The van der Waals surface area contributed by atoms with Crippen molar-refractivity contribution in [2.24, 2.45) is 9.98 Å². The highest BCUT2D eigenvalue weighted by molar-refractivity contribution is 6.33. The summed E-state index contributed by atoms with van der Waals surface area (Å²) in [7, 11) is 0. The van der Waals surface area contributed by atoms with Crippen molar-refractivity contribution in [1.82, 2.24) is 0 Å². The summed E-state index contributed by atoms with van der Waals surface area (Å²) < 4.78 is 0. The van der Waals surface area contributed by atoms with E-state index in [1.54, 1.807) is 0 Å². The smallest absolute Gasteiger partial charge is 0.120 e. The third-order valence-corrected chi connectivity index (χ3v) is 1.51. The molecule has 1 rings (SSSR count). The first-order valence-electron chi connectivity index (χ1n) is 3.60. The molecule has 4 heteroatoms. The molecule has 62 valence electrons. The van der Waals surface area contributed by atoms with Crippen LogP contribution in [-0.2, 0) is 0 Å². The molecule has 0 aliphatic carbocycles. The molecule has 0 amide bonds. The Morgan fingerprint density at radius 2 is 2.55 bits per heavy atom. The van der Waals surface area contributed by atoms with Crippen molar-refractivity contribution in [3.8, 4) is 0 Å². The van der Waals surface area contributed by atoms with Crippen molar-refractivity contribution in [3.05, 3.63) is 0 Å². The second-order valence-corrected chi connectivity index (χ2v) is 2.59. The summed E-state index contributed by atoms with van der Waals surface area (Å²) in [6, 6.07) is 0.199. The predicted molar refractivity (Wildman–Crippen MR) is 43.3 cm³/mol. The third-order valence-electron chi connectivity index (χ3n) is 1.51. The number of rotatable bonds is 2. The van der Waals surface area contributed by atoms with Gasteiger partial charge in [-0.15, -0.1) is 0 Å². The van der Waals surface area contributed by atoms with Gasteiger partial charge in [0.05, 0.1) is 24.9 Å². The Morgan fingerprint density at radius 1 is 1.82 bits per heavy atom. The van der Waals surface area contributed by atoms with Crippen molar-refractivity contribution in [2.75, 3.05) is 13.2 Å². The van der Waals surface area contributed by atoms with Gasteiger partial charge in [-0.05, 0) is 6.92 Å². The molecule has 0 spiro atoms. The fraction of sp³-hybridized carbons (Fsp3) is 0.714. The lowest BCUT2D eigenvalue weighted by Gasteiger charge is -2.13. The fourth-order valence-corrected chi connectivity index (χ4v) is 0.814. The Kier molecular flexibility index (Phi) is 2.73. The first kappa shape index (κ1) is 8.36. The number of aliphatic hydroxyl groups is 2. The molecule has 0 radical (unpaired) electrons. The molecule has 0 aromatic rings. The van der Waals surface area contributed by atoms with Gasteiger partial charge in [0.25, 0.3) is 0 Å². The van der Waals surface area contributed by atoms with E-state index in [1.165, 1.54) is 6.21 Å². The van der Waals surface area contributed by atoms with Gasteiger partial charge in [-0.25, -0.2) is 0 Å². The molecule has 0 fully saturated rings. The number of hydrogen-bond acceptors (Lipinski definition) is 4. The van der Waals surface area contributed by atoms with Crippen LogP contribution in [-0.4, -0.2) is 47.4 Å². The zero-order valence-electron chi connectivity index (χ0n) is 6.44. The summed E-state index contributed by atoms with van der Waals surface area (Å²) in [4.78, 5) is 8.09. The van der Waals surface area contributed by atoms with E-state index in [2.05, 4.69) is 9.98 Å². The van der Waals surface area contributed by atoms with E-state index >= 15 is 0 Å². The quantitative estimate of drug-likeness (QED) is 0.552. The number of aliphatic imine (C=N–C) groups is 2. The van der Waals surface area contributed by atoms with Crippen LogP contribution in [0.3, 0.4) is 0 Å². The van der Waals surface area contributed by atoms with Crippen molar-refractivity contribution in [3.63, 3.8) is 0 Å². The second kappa shape index (κ2) is 3.59. The Morgan fingerprint density at radius 3 is 3.00 bits per heavy atom. The molecule has 4 nitrogen and oxygen atoms in total. The van der Waals surface area contributed by atoms with E-state index in [9.17, 15) is 0 Å². The van der Waals surface area contributed by atoms with Crippen LogP contribution in [0.15, 0.2) is 9.98 Å². The molecule has 0 aromatic heterocycles. The van der Waals surface area contributed by atoms with E-state index < -0.39 is 6.10 Å². The molecule has 0 aromatic carbocycles. The molecule has 0 saturated heterocycles. The Bertz CT molecular complexity index is 189. The first-order valence-corrected chi connectivity index (χ1v) is 3.60. The standard InChI is InChI=1S/C7H12N2O2/c1-5-2-9-6(3-8-5)7(11)4-10/h3,5,7,10-11H,2,4H2,1H3/t5?,7-/m1/s1. The Hall–Kier alpha value is -0.740. The van der Waals surface area contributed by atoms with Crippen LogP contribution in [0.25, 0.3) is 0 Å². The van der Waals surface area contributed by atoms with Crippen molar-refractivity contribution >= 4 is 11.9 Å². The highest BCUT2D eigenvalue weighted by Crippen LogP contribution is 1.98. The molecule has 1 unspecified atom stereocenters. The zero-order chi connectivity index (χ0) is 8.27. The van der Waals surface area contributed by atoms with Gasteiger partial charge < -0.3 is 10.2 Å². The Balaban J connectivity index is 2.55. The van der Waals surface area contributed by atoms with E-state index in [0.717, 1.165) is 0 Å². The van der Waals surface area contributed by atoms with E-state index in [4.69, 9.17) is 10.2 Å². The number of nitrogens with zero attached hydrogens (tertiary/aromatic N) is 2. The number of hydrogen-bond donors (Lipinski definition) is 2. The maximum absolute atomic E-state index is 9.10. The van der Waals surface area contributed by atoms with Crippen LogP contribution in [0, 0.1) is 0 Å². The van der Waals surface area contributed by atoms with Crippen molar-refractivity contribution in [2.45, 2.75) is 19.1 Å². The van der Waals surface area contributed by atoms with Gasteiger partial charge in [0.2, 0.25) is 0 Å². The summed E-state index contributed by atoms with van der Waals surface area (Å²) in [6.45, 7) is 2.25. The molecule has 1 aliphatic rings. The minimum Gasteiger partial charge on any atom is -0.393 e. The van der Waals surface area contributed by atoms with Gasteiger partial charge in [0, 0.05) is 6.21 Å². The molecular weight excluding hydrogens is 144 g/mol. The SMILES string of the molecule is CC1CN=C([C@H](O)CO)C=N1. The zero-order valence-corrected chi connectivity index (χ0v) is 6.44. The van der Waals surface area contributed by atoms with Crippen molar-refractivity contribution < 1.29 is 10.2 Å². The van der Waals surface area contributed by atoms with Crippen LogP contribution in [0.5, 0.6) is 0 Å². The van der Waals surface area contributed by atoms with Gasteiger partial charge in [0.1, 0.15) is 6.10 Å².